The summed E-state index contributed by atoms with van der Waals surface area (Å²) in [5.41, 5.74) is 15.2. The SMILES string of the molecule is CC1(C)c2ccccc2-c2c(-c3ccccc3N(c3ccc4c(c3)sc3ccccc34)c3ccccc3-c3ccc4oc5ccccc5c4c3)cccc21. The predicted octanol–water partition coefficient (Wildman–Crippen LogP) is 15.1. The molecule has 0 spiro atoms. The van der Waals surface area contributed by atoms with Crippen LogP contribution in [0.25, 0.3) is 75.5 Å². The predicted molar refractivity (Wildman–Crippen MR) is 230 cm³/mol. The molecule has 0 saturated heterocycles. The van der Waals surface area contributed by atoms with Gasteiger partial charge in [-0.05, 0) is 81.9 Å². The standard InChI is InChI=1S/C51H35NOS/c1-51(2)42-20-8-3-18-40(42)50-39(19-13-21-43(50)51)35-15-5-10-23-45(35)52(33-27-28-38-37-17-7-12-25-48(37)54-49(38)31-33)44-22-9-4-14-34(44)32-26-29-47-41(30-32)36-16-6-11-24-46(36)53-47/h3-31H,1-2H3. The second-order valence-electron chi connectivity index (χ2n) is 14.9. The van der Waals surface area contributed by atoms with Crippen molar-refractivity contribution in [2.45, 2.75) is 19.3 Å². The highest BCUT2D eigenvalue weighted by Crippen LogP contribution is 2.54. The van der Waals surface area contributed by atoms with Crippen LogP contribution in [0.4, 0.5) is 17.1 Å². The number of thiophene rings is 1. The Morgan fingerprint density at radius 2 is 1.07 bits per heavy atom. The third kappa shape index (κ3) is 4.58. The maximum absolute atomic E-state index is 6.26. The van der Waals surface area contributed by atoms with Crippen LogP contribution >= 0.6 is 11.3 Å². The van der Waals surface area contributed by atoms with Crippen molar-refractivity contribution < 1.29 is 4.42 Å². The Hall–Kier alpha value is -6.42. The van der Waals surface area contributed by atoms with E-state index in [0.29, 0.717) is 0 Å². The third-order valence-electron chi connectivity index (χ3n) is 11.5. The summed E-state index contributed by atoms with van der Waals surface area (Å²) in [6, 6.07) is 64.3. The fraction of sp³-hybridized carbons (Fsp3) is 0.0588. The highest BCUT2D eigenvalue weighted by atomic mass is 32.1. The Bertz CT molecular complexity index is 3110. The van der Waals surface area contributed by atoms with Crippen LogP contribution in [0.1, 0.15) is 25.0 Å². The van der Waals surface area contributed by atoms with Gasteiger partial charge in [0.2, 0.25) is 0 Å². The van der Waals surface area contributed by atoms with Gasteiger partial charge in [0.1, 0.15) is 11.2 Å². The van der Waals surface area contributed by atoms with Crippen molar-refractivity contribution in [3.63, 3.8) is 0 Å². The first kappa shape index (κ1) is 31.1. The molecule has 3 heteroatoms. The lowest BCUT2D eigenvalue weighted by Crippen LogP contribution is -2.15. The summed E-state index contributed by atoms with van der Waals surface area (Å²) in [7, 11) is 0. The zero-order chi connectivity index (χ0) is 36.0. The highest BCUT2D eigenvalue weighted by molar-refractivity contribution is 7.25. The number of rotatable bonds is 5. The number of nitrogens with zero attached hydrogens (tertiary/aromatic N) is 1. The maximum atomic E-state index is 6.26. The normalized spacial score (nSPS) is 13.1. The fourth-order valence-electron chi connectivity index (χ4n) is 8.94. The number of benzene rings is 8. The zero-order valence-electron chi connectivity index (χ0n) is 30.0. The molecule has 0 unspecified atom stereocenters. The van der Waals surface area contributed by atoms with Gasteiger partial charge in [-0.25, -0.2) is 0 Å². The first-order valence-corrected chi connectivity index (χ1v) is 19.4. The van der Waals surface area contributed by atoms with Gasteiger partial charge in [0.15, 0.2) is 0 Å². The van der Waals surface area contributed by atoms with Crippen LogP contribution in [-0.4, -0.2) is 0 Å². The number of para-hydroxylation sites is 3. The topological polar surface area (TPSA) is 16.4 Å². The average molecular weight is 710 g/mol. The number of hydrogen-bond acceptors (Lipinski definition) is 3. The van der Waals surface area contributed by atoms with Crippen molar-refractivity contribution in [1.82, 2.24) is 0 Å². The molecule has 2 nitrogen and oxygen atoms in total. The summed E-state index contributed by atoms with van der Waals surface area (Å²) in [6.45, 7) is 4.71. The molecule has 1 aliphatic carbocycles. The summed E-state index contributed by atoms with van der Waals surface area (Å²) < 4.78 is 8.84. The minimum absolute atomic E-state index is 0.0920. The summed E-state index contributed by atoms with van der Waals surface area (Å²) >= 11 is 1.86. The van der Waals surface area contributed by atoms with E-state index in [1.54, 1.807) is 0 Å². The van der Waals surface area contributed by atoms with Crippen LogP contribution < -0.4 is 4.90 Å². The van der Waals surface area contributed by atoms with Crippen molar-refractivity contribution in [2.24, 2.45) is 0 Å². The van der Waals surface area contributed by atoms with Crippen molar-refractivity contribution >= 4 is 70.5 Å². The Balaban J connectivity index is 1.18. The lowest BCUT2D eigenvalue weighted by Gasteiger charge is -2.30. The summed E-state index contributed by atoms with van der Waals surface area (Å²) in [6.07, 6.45) is 0. The first-order chi connectivity index (χ1) is 26.5. The van der Waals surface area contributed by atoms with Crippen LogP contribution in [0.5, 0.6) is 0 Å². The molecule has 10 aromatic rings. The lowest BCUT2D eigenvalue weighted by molar-refractivity contribution is 0.660. The van der Waals surface area contributed by atoms with E-state index in [-0.39, 0.29) is 5.41 Å². The van der Waals surface area contributed by atoms with Gasteiger partial charge in [-0.15, -0.1) is 11.3 Å². The molecule has 2 heterocycles. The lowest BCUT2D eigenvalue weighted by atomic mass is 9.82. The zero-order valence-corrected chi connectivity index (χ0v) is 30.8. The third-order valence-corrected chi connectivity index (χ3v) is 12.6. The van der Waals surface area contributed by atoms with Gasteiger partial charge in [-0.1, -0.05) is 141 Å². The second kappa shape index (κ2) is 11.8. The van der Waals surface area contributed by atoms with Crippen molar-refractivity contribution in [2.75, 3.05) is 4.90 Å². The van der Waals surface area contributed by atoms with E-state index in [1.165, 1.54) is 53.6 Å². The van der Waals surface area contributed by atoms with Crippen LogP contribution in [0, 0.1) is 0 Å². The molecule has 2 aromatic heterocycles. The Morgan fingerprint density at radius 1 is 0.444 bits per heavy atom. The van der Waals surface area contributed by atoms with E-state index >= 15 is 0 Å². The molecule has 0 amide bonds. The molecule has 11 rings (SSSR count). The smallest absolute Gasteiger partial charge is 0.135 e. The van der Waals surface area contributed by atoms with Crippen LogP contribution in [-0.2, 0) is 5.41 Å². The van der Waals surface area contributed by atoms with E-state index < -0.39 is 0 Å². The molecule has 0 saturated carbocycles. The molecule has 256 valence electrons. The van der Waals surface area contributed by atoms with Gasteiger partial charge in [0, 0.05) is 53.2 Å². The van der Waals surface area contributed by atoms with Gasteiger partial charge in [0.25, 0.3) is 0 Å². The summed E-state index contributed by atoms with van der Waals surface area (Å²) in [4.78, 5) is 2.48. The van der Waals surface area contributed by atoms with E-state index in [0.717, 1.165) is 50.1 Å². The summed E-state index contributed by atoms with van der Waals surface area (Å²) in [5, 5.41) is 4.85. The molecule has 0 aliphatic heterocycles. The Morgan fingerprint density at radius 3 is 1.94 bits per heavy atom. The van der Waals surface area contributed by atoms with Crippen molar-refractivity contribution in [3.8, 4) is 33.4 Å². The van der Waals surface area contributed by atoms with E-state index in [1.807, 2.05) is 23.5 Å². The number of furan rings is 1. The van der Waals surface area contributed by atoms with Gasteiger partial charge in [0.05, 0.1) is 11.4 Å². The fourth-order valence-corrected chi connectivity index (χ4v) is 10.1. The molecule has 0 atom stereocenters. The van der Waals surface area contributed by atoms with E-state index in [4.69, 9.17) is 4.42 Å². The average Bonchev–Trinajstić information content (AvgIpc) is 3.85. The Kier molecular flexibility index (Phi) is 6.80. The van der Waals surface area contributed by atoms with Gasteiger partial charge < -0.3 is 9.32 Å². The molecular formula is C51H35NOS. The number of fused-ring (bicyclic) bond motifs is 9. The number of anilines is 3. The molecule has 1 aliphatic rings. The van der Waals surface area contributed by atoms with Gasteiger partial charge >= 0.3 is 0 Å². The van der Waals surface area contributed by atoms with Crippen LogP contribution in [0.3, 0.4) is 0 Å². The molecule has 54 heavy (non-hydrogen) atoms. The van der Waals surface area contributed by atoms with E-state index in [2.05, 4.69) is 183 Å². The van der Waals surface area contributed by atoms with Gasteiger partial charge in [-0.2, -0.15) is 0 Å². The second-order valence-corrected chi connectivity index (χ2v) is 15.9. The monoisotopic (exact) mass is 709 g/mol. The van der Waals surface area contributed by atoms with Gasteiger partial charge in [-0.3, -0.25) is 0 Å². The quantitative estimate of drug-likeness (QED) is 0.177. The van der Waals surface area contributed by atoms with Crippen molar-refractivity contribution in [1.29, 1.82) is 0 Å². The molecule has 0 radical (unpaired) electrons. The molecule has 0 N–H and O–H groups in total. The molecular weight excluding hydrogens is 675 g/mol. The minimum atomic E-state index is -0.0920. The van der Waals surface area contributed by atoms with Crippen LogP contribution in [0.15, 0.2) is 180 Å². The number of hydrogen-bond donors (Lipinski definition) is 0. The molecule has 8 aromatic carbocycles. The van der Waals surface area contributed by atoms with Crippen molar-refractivity contribution in [3.05, 3.63) is 187 Å². The first-order valence-electron chi connectivity index (χ1n) is 18.6. The largest absolute Gasteiger partial charge is 0.456 e. The molecule has 0 bridgehead atoms. The van der Waals surface area contributed by atoms with Crippen LogP contribution in [0.2, 0.25) is 0 Å². The Labute approximate surface area is 318 Å². The molecule has 0 fully saturated rings. The van der Waals surface area contributed by atoms with E-state index in [9.17, 15) is 0 Å². The maximum Gasteiger partial charge on any atom is 0.135 e. The summed E-state index contributed by atoms with van der Waals surface area (Å²) in [5.74, 6) is 0. The highest BCUT2D eigenvalue weighted by Gasteiger charge is 2.37. The minimum Gasteiger partial charge on any atom is -0.456 e.